The summed E-state index contributed by atoms with van der Waals surface area (Å²) in [6, 6.07) is 0. The average molecular weight is 113 g/mol. The quantitative estimate of drug-likeness (QED) is 0.470. The number of nitrogens with two attached hydrogens (primary N) is 1. The highest BCUT2D eigenvalue weighted by molar-refractivity contribution is 4.93. The van der Waals surface area contributed by atoms with E-state index in [1.807, 2.05) is 0 Å². The minimum Gasteiger partial charge on any atom is -0.324 e. The third-order valence-electron chi connectivity index (χ3n) is 1.98. The molecule has 2 N–H and O–H groups in total. The molecule has 1 aliphatic heterocycles. The average Bonchev–Trinajstić information content (AvgIpc) is 1.86. The maximum Gasteiger partial charge on any atom is 0.0314 e. The van der Waals surface area contributed by atoms with E-state index in [0.29, 0.717) is 5.92 Å². The molecule has 1 rings (SSSR count). The van der Waals surface area contributed by atoms with Gasteiger partial charge in [0, 0.05) is 18.6 Å². The van der Waals surface area contributed by atoms with Gasteiger partial charge in [-0.05, 0) is 12.8 Å². The van der Waals surface area contributed by atoms with Crippen molar-refractivity contribution in [2.45, 2.75) is 19.4 Å². The molecule has 47 valence electrons. The second-order valence-corrected chi connectivity index (χ2v) is 2.97. The lowest BCUT2D eigenvalue weighted by Crippen LogP contribution is -2.42. The van der Waals surface area contributed by atoms with Crippen LogP contribution in [0.2, 0.25) is 0 Å². The summed E-state index contributed by atoms with van der Waals surface area (Å²) in [5.74, 6) is 0.572. The van der Waals surface area contributed by atoms with Crippen molar-refractivity contribution in [3.8, 4) is 0 Å². The molecule has 1 radical (unpaired) electrons. The van der Waals surface area contributed by atoms with Gasteiger partial charge in [-0.25, -0.2) is 5.32 Å². The molecule has 0 aromatic rings. The zero-order chi connectivity index (χ0) is 6.20. The molecule has 8 heavy (non-hydrogen) atoms. The monoisotopic (exact) mass is 113 g/mol. The molecule has 2 nitrogen and oxygen atoms in total. The summed E-state index contributed by atoms with van der Waals surface area (Å²) in [5, 5.41) is 4.19. The molecule has 2 unspecified atom stereocenters. The number of nitrogens with zero attached hydrogens (tertiary/aromatic N) is 1. The molecule has 0 bridgehead atoms. The molecule has 2 heteroatoms. The normalized spacial score (nSPS) is 47.6. The Morgan fingerprint density at radius 2 is 2.38 bits per heavy atom. The van der Waals surface area contributed by atoms with Gasteiger partial charge in [-0.15, -0.1) is 0 Å². The van der Waals surface area contributed by atoms with Crippen molar-refractivity contribution in [1.82, 2.24) is 5.32 Å². The smallest absolute Gasteiger partial charge is 0.0314 e. The van der Waals surface area contributed by atoms with E-state index in [1.165, 1.54) is 0 Å². The van der Waals surface area contributed by atoms with E-state index in [0.717, 1.165) is 13.1 Å². The highest BCUT2D eigenvalue weighted by atomic mass is 15.0. The van der Waals surface area contributed by atoms with Crippen molar-refractivity contribution in [1.29, 1.82) is 0 Å². The van der Waals surface area contributed by atoms with Gasteiger partial charge in [0.25, 0.3) is 0 Å². The van der Waals surface area contributed by atoms with Gasteiger partial charge in [-0.1, -0.05) is 6.92 Å². The second kappa shape index (κ2) is 1.71. The predicted octanol–water partition coefficient (Wildman–Crippen LogP) is -0.0421. The Morgan fingerprint density at radius 3 is 2.50 bits per heavy atom. The highest BCUT2D eigenvalue weighted by Crippen LogP contribution is 2.17. The second-order valence-electron chi connectivity index (χ2n) is 2.97. The number of rotatable bonds is 0. The third kappa shape index (κ3) is 0.858. The molecule has 1 fully saturated rings. The van der Waals surface area contributed by atoms with Crippen LogP contribution in [-0.4, -0.2) is 18.6 Å². The van der Waals surface area contributed by atoms with E-state index in [2.05, 4.69) is 19.2 Å². The SMILES string of the molecule is CC1C[N]CC1(C)N. The first kappa shape index (κ1) is 6.05. The van der Waals surface area contributed by atoms with Crippen LogP contribution in [0.4, 0.5) is 0 Å². The Morgan fingerprint density at radius 1 is 1.75 bits per heavy atom. The van der Waals surface area contributed by atoms with Crippen LogP contribution in [-0.2, 0) is 0 Å². The van der Waals surface area contributed by atoms with E-state index >= 15 is 0 Å². The maximum absolute atomic E-state index is 5.83. The fourth-order valence-corrected chi connectivity index (χ4v) is 0.863. The lowest BCUT2D eigenvalue weighted by atomic mass is 9.92. The Bertz CT molecular complexity index is 88.5. The topological polar surface area (TPSA) is 40.1 Å². The van der Waals surface area contributed by atoms with Gasteiger partial charge in [0.05, 0.1) is 0 Å². The van der Waals surface area contributed by atoms with Gasteiger partial charge in [0.2, 0.25) is 0 Å². The van der Waals surface area contributed by atoms with Crippen molar-refractivity contribution >= 4 is 0 Å². The molecular formula is C6H13N2. The molecule has 1 saturated heterocycles. The van der Waals surface area contributed by atoms with Crippen LogP contribution in [0.1, 0.15) is 13.8 Å². The molecule has 0 aromatic carbocycles. The summed E-state index contributed by atoms with van der Waals surface area (Å²) in [6.45, 7) is 6.01. The van der Waals surface area contributed by atoms with Crippen LogP contribution >= 0.6 is 0 Å². The fraction of sp³-hybridized carbons (Fsp3) is 1.00. The highest BCUT2D eigenvalue weighted by Gasteiger charge is 2.31. The van der Waals surface area contributed by atoms with Gasteiger partial charge < -0.3 is 5.73 Å². The minimum absolute atomic E-state index is 0.0139. The minimum atomic E-state index is -0.0139. The summed E-state index contributed by atoms with van der Waals surface area (Å²) in [4.78, 5) is 0. The Hall–Kier alpha value is -0.0800. The first-order valence-corrected chi connectivity index (χ1v) is 3.05. The van der Waals surface area contributed by atoms with Gasteiger partial charge in [-0.2, -0.15) is 0 Å². The van der Waals surface area contributed by atoms with E-state index < -0.39 is 0 Å². The molecule has 1 aliphatic rings. The predicted molar refractivity (Wildman–Crippen MR) is 33.6 cm³/mol. The van der Waals surface area contributed by atoms with Gasteiger partial charge in [-0.3, -0.25) is 0 Å². The van der Waals surface area contributed by atoms with Crippen LogP contribution in [0.3, 0.4) is 0 Å². The van der Waals surface area contributed by atoms with Crippen LogP contribution in [0.15, 0.2) is 0 Å². The lowest BCUT2D eigenvalue weighted by Gasteiger charge is -2.20. The van der Waals surface area contributed by atoms with E-state index in [1.54, 1.807) is 0 Å². The molecule has 0 saturated carbocycles. The summed E-state index contributed by atoms with van der Waals surface area (Å²) < 4.78 is 0. The largest absolute Gasteiger partial charge is 0.324 e. The van der Waals surface area contributed by atoms with E-state index in [4.69, 9.17) is 5.73 Å². The molecule has 0 aliphatic carbocycles. The van der Waals surface area contributed by atoms with Crippen molar-refractivity contribution in [3.05, 3.63) is 0 Å². The van der Waals surface area contributed by atoms with Crippen LogP contribution in [0.25, 0.3) is 0 Å². The molecular weight excluding hydrogens is 100 g/mol. The summed E-state index contributed by atoms with van der Waals surface area (Å²) in [5.41, 5.74) is 5.81. The zero-order valence-electron chi connectivity index (χ0n) is 5.52. The van der Waals surface area contributed by atoms with Crippen LogP contribution in [0.5, 0.6) is 0 Å². The van der Waals surface area contributed by atoms with Gasteiger partial charge in [0.15, 0.2) is 0 Å². The Labute approximate surface area is 50.4 Å². The fourth-order valence-electron chi connectivity index (χ4n) is 0.863. The van der Waals surface area contributed by atoms with Crippen molar-refractivity contribution in [2.75, 3.05) is 13.1 Å². The van der Waals surface area contributed by atoms with E-state index in [9.17, 15) is 0 Å². The third-order valence-corrected chi connectivity index (χ3v) is 1.98. The van der Waals surface area contributed by atoms with Crippen molar-refractivity contribution < 1.29 is 0 Å². The maximum atomic E-state index is 5.83. The molecule has 0 aromatic heterocycles. The van der Waals surface area contributed by atoms with Gasteiger partial charge in [0.1, 0.15) is 0 Å². The van der Waals surface area contributed by atoms with Gasteiger partial charge >= 0.3 is 0 Å². The summed E-state index contributed by atoms with van der Waals surface area (Å²) in [7, 11) is 0. The zero-order valence-corrected chi connectivity index (χ0v) is 5.52. The standard InChI is InChI=1S/C6H13N2/c1-5-3-8-4-6(5,2)7/h5H,3-4,7H2,1-2H3. The van der Waals surface area contributed by atoms with Crippen LogP contribution in [0, 0.1) is 5.92 Å². The number of hydrogen-bond donors (Lipinski definition) is 1. The van der Waals surface area contributed by atoms with E-state index in [-0.39, 0.29) is 5.54 Å². The first-order valence-electron chi connectivity index (χ1n) is 3.05. The first-order chi connectivity index (χ1) is 3.63. The summed E-state index contributed by atoms with van der Waals surface area (Å²) >= 11 is 0. The van der Waals surface area contributed by atoms with Crippen LogP contribution < -0.4 is 11.1 Å². The summed E-state index contributed by atoms with van der Waals surface area (Å²) in [6.07, 6.45) is 0. The van der Waals surface area contributed by atoms with Crippen molar-refractivity contribution in [3.63, 3.8) is 0 Å². The van der Waals surface area contributed by atoms with Crippen molar-refractivity contribution in [2.24, 2.45) is 11.7 Å². The Balaban J connectivity index is 2.54. The molecule has 1 heterocycles. The molecule has 0 amide bonds. The molecule has 2 atom stereocenters. The number of hydrogen-bond acceptors (Lipinski definition) is 1. The Kier molecular flexibility index (Phi) is 1.29. The lowest BCUT2D eigenvalue weighted by molar-refractivity contribution is 0.404. The molecule has 0 spiro atoms.